The molecule has 2 aliphatic rings. The first kappa shape index (κ1) is 12.8. The van der Waals surface area contributed by atoms with Gasteiger partial charge in [0.2, 0.25) is 0 Å². The fraction of sp³-hybridized carbons (Fsp3) is 0.917. The lowest BCUT2D eigenvalue weighted by Gasteiger charge is -2.42. The second kappa shape index (κ2) is 4.55. The fourth-order valence-corrected chi connectivity index (χ4v) is 2.68. The number of hydrogen-bond donors (Lipinski definition) is 1. The molecule has 1 heterocycles. The standard InChI is InChI=1S/C12H20O5/c1-9(10(13)15-2)11(14)3-5-12(6-4-11)16-7-8-17-12/h9,14H,3-8H2,1-2H3. The highest BCUT2D eigenvalue weighted by Crippen LogP contribution is 2.43. The predicted octanol–water partition coefficient (Wildman–Crippen LogP) is 0.844. The summed E-state index contributed by atoms with van der Waals surface area (Å²) >= 11 is 0. The smallest absolute Gasteiger partial charge is 0.311 e. The highest BCUT2D eigenvalue weighted by Gasteiger charge is 2.49. The third kappa shape index (κ3) is 2.32. The van der Waals surface area contributed by atoms with E-state index in [9.17, 15) is 9.90 Å². The van der Waals surface area contributed by atoms with Gasteiger partial charge in [0.25, 0.3) is 0 Å². The maximum atomic E-state index is 11.5. The highest BCUT2D eigenvalue weighted by atomic mass is 16.7. The van der Waals surface area contributed by atoms with Gasteiger partial charge < -0.3 is 19.3 Å². The van der Waals surface area contributed by atoms with Crippen molar-refractivity contribution in [3.63, 3.8) is 0 Å². The van der Waals surface area contributed by atoms with E-state index in [1.807, 2.05) is 0 Å². The highest BCUT2D eigenvalue weighted by molar-refractivity contribution is 5.73. The summed E-state index contributed by atoms with van der Waals surface area (Å²) < 4.78 is 15.9. The van der Waals surface area contributed by atoms with E-state index in [0.29, 0.717) is 38.9 Å². The van der Waals surface area contributed by atoms with E-state index in [1.54, 1.807) is 6.92 Å². The van der Waals surface area contributed by atoms with Gasteiger partial charge in [0.15, 0.2) is 5.79 Å². The Morgan fingerprint density at radius 2 is 1.76 bits per heavy atom. The van der Waals surface area contributed by atoms with Crippen LogP contribution in [0.1, 0.15) is 32.6 Å². The van der Waals surface area contributed by atoms with Gasteiger partial charge in [-0.05, 0) is 19.8 Å². The van der Waals surface area contributed by atoms with Crippen LogP contribution >= 0.6 is 0 Å². The van der Waals surface area contributed by atoms with Gasteiger partial charge >= 0.3 is 5.97 Å². The van der Waals surface area contributed by atoms with E-state index in [-0.39, 0.29) is 5.97 Å². The van der Waals surface area contributed by atoms with E-state index in [1.165, 1.54) is 7.11 Å². The number of esters is 1. The first-order valence-electron chi connectivity index (χ1n) is 6.09. The zero-order valence-electron chi connectivity index (χ0n) is 10.4. The Hall–Kier alpha value is -0.650. The summed E-state index contributed by atoms with van der Waals surface area (Å²) in [6, 6.07) is 0. The second-order valence-electron chi connectivity index (χ2n) is 4.96. The van der Waals surface area contributed by atoms with Gasteiger partial charge in [-0.1, -0.05) is 0 Å². The molecule has 1 unspecified atom stereocenters. The molecule has 0 amide bonds. The van der Waals surface area contributed by atoms with Crippen LogP contribution in [0.25, 0.3) is 0 Å². The van der Waals surface area contributed by atoms with Crippen LogP contribution in [0, 0.1) is 5.92 Å². The van der Waals surface area contributed by atoms with Gasteiger partial charge in [0.1, 0.15) is 0 Å². The molecule has 5 heteroatoms. The molecule has 0 aromatic heterocycles. The third-order valence-corrected chi connectivity index (χ3v) is 4.05. The first-order chi connectivity index (χ1) is 8.01. The molecular weight excluding hydrogens is 224 g/mol. The Bertz CT molecular complexity index is 285. The van der Waals surface area contributed by atoms with Crippen LogP contribution in [0.4, 0.5) is 0 Å². The molecule has 0 radical (unpaired) electrons. The Kier molecular flexibility index (Phi) is 3.43. The van der Waals surface area contributed by atoms with Crippen LogP contribution in [0.15, 0.2) is 0 Å². The van der Waals surface area contributed by atoms with Crippen molar-refractivity contribution in [1.29, 1.82) is 0 Å². The van der Waals surface area contributed by atoms with Crippen LogP contribution in [0.2, 0.25) is 0 Å². The first-order valence-corrected chi connectivity index (χ1v) is 6.09. The number of ether oxygens (including phenoxy) is 3. The van der Waals surface area contributed by atoms with Crippen molar-refractivity contribution in [3.05, 3.63) is 0 Å². The average molecular weight is 244 g/mol. The SMILES string of the molecule is COC(=O)C(C)C1(O)CCC2(CC1)OCCO2. The van der Waals surface area contributed by atoms with Crippen molar-refractivity contribution in [1.82, 2.24) is 0 Å². The molecule has 1 atom stereocenters. The largest absolute Gasteiger partial charge is 0.469 e. The van der Waals surface area contributed by atoms with E-state index < -0.39 is 17.3 Å². The summed E-state index contributed by atoms with van der Waals surface area (Å²) in [6.07, 6.45) is 2.27. The van der Waals surface area contributed by atoms with Crippen molar-refractivity contribution < 1.29 is 24.1 Å². The molecular formula is C12H20O5. The molecule has 2 fully saturated rings. The van der Waals surface area contributed by atoms with Gasteiger partial charge in [-0.25, -0.2) is 0 Å². The van der Waals surface area contributed by atoms with Crippen LogP contribution in [-0.4, -0.2) is 42.8 Å². The molecule has 0 aromatic carbocycles. The quantitative estimate of drug-likeness (QED) is 0.729. The van der Waals surface area contributed by atoms with Crippen molar-refractivity contribution in [2.24, 2.45) is 5.92 Å². The summed E-state index contributed by atoms with van der Waals surface area (Å²) in [5, 5.41) is 10.5. The Morgan fingerprint density at radius 3 is 2.24 bits per heavy atom. The lowest BCUT2D eigenvalue weighted by atomic mass is 9.74. The molecule has 1 aliphatic heterocycles. The van der Waals surface area contributed by atoms with Crippen molar-refractivity contribution in [2.75, 3.05) is 20.3 Å². The molecule has 1 spiro atoms. The zero-order chi connectivity index (χ0) is 12.5. The molecule has 17 heavy (non-hydrogen) atoms. The maximum Gasteiger partial charge on any atom is 0.311 e. The zero-order valence-corrected chi connectivity index (χ0v) is 10.4. The summed E-state index contributed by atoms with van der Waals surface area (Å²) in [5.74, 6) is -1.38. The fourth-order valence-electron chi connectivity index (χ4n) is 2.68. The number of aliphatic hydroxyl groups is 1. The predicted molar refractivity (Wildman–Crippen MR) is 59.2 cm³/mol. The number of carbonyl (C=O) groups is 1. The van der Waals surface area contributed by atoms with Gasteiger partial charge in [-0.3, -0.25) is 4.79 Å². The number of methoxy groups -OCH3 is 1. The van der Waals surface area contributed by atoms with E-state index in [4.69, 9.17) is 9.47 Å². The number of rotatable bonds is 2. The van der Waals surface area contributed by atoms with Crippen molar-refractivity contribution in [2.45, 2.75) is 44.0 Å². The Balaban J connectivity index is 1.99. The summed E-state index contributed by atoms with van der Waals surface area (Å²) in [7, 11) is 1.34. The maximum absolute atomic E-state index is 11.5. The van der Waals surface area contributed by atoms with Crippen molar-refractivity contribution in [3.8, 4) is 0 Å². The van der Waals surface area contributed by atoms with E-state index in [0.717, 1.165) is 0 Å². The summed E-state index contributed by atoms with van der Waals surface area (Å²) in [4.78, 5) is 11.5. The van der Waals surface area contributed by atoms with Crippen LogP contribution in [-0.2, 0) is 19.0 Å². The Morgan fingerprint density at radius 1 is 1.24 bits per heavy atom. The normalized spacial score (nSPS) is 27.9. The summed E-state index contributed by atoms with van der Waals surface area (Å²) in [5.41, 5.74) is -0.992. The molecule has 5 nitrogen and oxygen atoms in total. The molecule has 98 valence electrons. The molecule has 0 bridgehead atoms. The van der Waals surface area contributed by atoms with Gasteiger partial charge in [-0.15, -0.1) is 0 Å². The van der Waals surface area contributed by atoms with Gasteiger partial charge in [-0.2, -0.15) is 0 Å². The van der Waals surface area contributed by atoms with Crippen LogP contribution in [0.5, 0.6) is 0 Å². The molecule has 1 N–H and O–H groups in total. The van der Waals surface area contributed by atoms with Gasteiger partial charge in [0.05, 0.1) is 31.8 Å². The Labute approximate surface area is 101 Å². The second-order valence-corrected chi connectivity index (χ2v) is 4.96. The topological polar surface area (TPSA) is 65.0 Å². The number of carbonyl (C=O) groups excluding carboxylic acids is 1. The minimum Gasteiger partial charge on any atom is -0.469 e. The summed E-state index contributed by atoms with van der Waals surface area (Å²) in [6.45, 7) is 2.94. The molecule has 1 saturated heterocycles. The minimum absolute atomic E-state index is 0.364. The average Bonchev–Trinajstić information content (AvgIpc) is 2.80. The van der Waals surface area contributed by atoms with Gasteiger partial charge in [0, 0.05) is 12.8 Å². The monoisotopic (exact) mass is 244 g/mol. The van der Waals surface area contributed by atoms with E-state index >= 15 is 0 Å². The number of hydrogen-bond acceptors (Lipinski definition) is 5. The molecule has 0 aromatic rings. The van der Waals surface area contributed by atoms with Crippen molar-refractivity contribution >= 4 is 5.97 Å². The third-order valence-electron chi connectivity index (χ3n) is 4.05. The molecule has 1 saturated carbocycles. The van der Waals surface area contributed by atoms with Crippen LogP contribution < -0.4 is 0 Å². The molecule has 1 aliphatic carbocycles. The minimum atomic E-state index is -0.992. The molecule has 2 rings (SSSR count). The lowest BCUT2D eigenvalue weighted by molar-refractivity contribution is -0.212. The van der Waals surface area contributed by atoms with E-state index in [2.05, 4.69) is 4.74 Å². The lowest BCUT2D eigenvalue weighted by Crippen LogP contribution is -2.49. The van der Waals surface area contributed by atoms with Crippen LogP contribution in [0.3, 0.4) is 0 Å².